The maximum atomic E-state index is 2.57. The molecule has 2 aliphatic carbocycles. The second-order valence-electron chi connectivity index (χ2n) is 22.1. The van der Waals surface area contributed by atoms with Gasteiger partial charge in [0.15, 0.2) is 0 Å². The van der Waals surface area contributed by atoms with Gasteiger partial charge >= 0.3 is 0 Å². The number of nitrogens with zero attached hydrogens (tertiary/aromatic N) is 1. The lowest BCUT2D eigenvalue weighted by Gasteiger charge is -2.28. The van der Waals surface area contributed by atoms with Crippen molar-refractivity contribution in [3.8, 4) is 89.0 Å². The van der Waals surface area contributed by atoms with Crippen molar-refractivity contribution in [2.75, 3.05) is 4.90 Å². The summed E-state index contributed by atoms with van der Waals surface area (Å²) in [5.74, 6) is 0. The summed E-state index contributed by atoms with van der Waals surface area (Å²) in [7, 11) is 0. The molecule has 0 saturated carbocycles. The summed E-state index contributed by atoms with van der Waals surface area (Å²) in [5.41, 5.74) is 28.2. The van der Waals surface area contributed by atoms with Gasteiger partial charge in [0.1, 0.15) is 0 Å². The molecular weight excluding hydrogens is 927 g/mol. The van der Waals surface area contributed by atoms with Gasteiger partial charge in [-0.25, -0.2) is 0 Å². The van der Waals surface area contributed by atoms with Crippen LogP contribution in [0, 0.1) is 0 Å². The van der Waals surface area contributed by atoms with Crippen molar-refractivity contribution in [2.45, 2.75) is 38.5 Å². The zero-order valence-corrected chi connectivity index (χ0v) is 43.9. The van der Waals surface area contributed by atoms with Crippen molar-refractivity contribution in [1.29, 1.82) is 0 Å². The number of fused-ring (bicyclic) bond motifs is 7. The minimum atomic E-state index is -0.300. The van der Waals surface area contributed by atoms with E-state index in [1.54, 1.807) is 0 Å². The first kappa shape index (κ1) is 46.2. The second-order valence-corrected chi connectivity index (χ2v) is 22.1. The summed E-state index contributed by atoms with van der Waals surface area (Å²) in [6.07, 6.45) is 0. The van der Waals surface area contributed by atoms with E-state index < -0.39 is 0 Å². The quantitative estimate of drug-likeness (QED) is 0.139. The summed E-state index contributed by atoms with van der Waals surface area (Å²) in [5, 5.41) is 2.49. The molecule has 14 rings (SSSR count). The molecule has 0 radical (unpaired) electrons. The highest BCUT2D eigenvalue weighted by Gasteiger charge is 2.43. The molecule has 12 aromatic carbocycles. The first-order chi connectivity index (χ1) is 37.7. The average Bonchev–Trinajstić information content (AvgIpc) is 4.09. The van der Waals surface area contributed by atoms with E-state index in [9.17, 15) is 0 Å². The molecule has 2 aliphatic rings. The Morgan fingerprint density at radius 3 is 1.26 bits per heavy atom. The van der Waals surface area contributed by atoms with Gasteiger partial charge in [-0.3, -0.25) is 0 Å². The van der Waals surface area contributed by atoms with Crippen molar-refractivity contribution in [1.82, 2.24) is 0 Å². The predicted octanol–water partition coefficient (Wildman–Crippen LogP) is 20.9. The van der Waals surface area contributed by atoms with Gasteiger partial charge in [0.05, 0.1) is 0 Å². The highest BCUT2D eigenvalue weighted by molar-refractivity contribution is 6.01. The topological polar surface area (TPSA) is 3.24 Å². The Hall–Kier alpha value is -9.30. The molecule has 0 aliphatic heterocycles. The molecule has 0 unspecified atom stereocenters. The lowest BCUT2D eigenvalue weighted by atomic mass is 9.79. The molecule has 0 saturated heterocycles. The molecule has 1 nitrogen and oxygen atoms in total. The Balaban J connectivity index is 0.964. The van der Waals surface area contributed by atoms with Crippen molar-refractivity contribution in [2.24, 2.45) is 0 Å². The molecule has 0 N–H and O–H groups in total. The highest BCUT2D eigenvalue weighted by Crippen LogP contribution is 2.60. The first-order valence-electron chi connectivity index (χ1n) is 27.1. The molecule has 0 amide bonds. The van der Waals surface area contributed by atoms with Crippen LogP contribution in [0.4, 0.5) is 17.1 Å². The van der Waals surface area contributed by atoms with Gasteiger partial charge < -0.3 is 4.90 Å². The number of anilines is 3. The van der Waals surface area contributed by atoms with Crippen LogP contribution in [0.15, 0.2) is 273 Å². The predicted molar refractivity (Wildman–Crippen MR) is 326 cm³/mol. The maximum Gasteiger partial charge on any atom is 0.0473 e. The molecule has 0 fully saturated rings. The van der Waals surface area contributed by atoms with E-state index in [0.29, 0.717) is 0 Å². The molecule has 0 atom stereocenters. The first-order valence-corrected chi connectivity index (χ1v) is 27.1. The van der Waals surface area contributed by atoms with E-state index in [2.05, 4.69) is 306 Å². The van der Waals surface area contributed by atoms with Crippen LogP contribution >= 0.6 is 0 Å². The standard InChI is InChI=1S/C76H57N/c1-75(2)69-34-20-33-65(54-25-13-7-14-26-54)73(69)67-48-71-68(49-70(67)75)74-66(55-27-15-8-16-28-55)46-59(47-72(74)76(71,3)4)58-43-57(51-23-11-6-12-24-51)44-62(45-58)77(60-39-35-52(36-40-60)50-21-9-5-10-22-50)61-41-37-56(38-42-61)64-32-19-30-53-29-17-18-31-63(53)64/h5-49H,1-4H3. The lowest BCUT2D eigenvalue weighted by Crippen LogP contribution is -2.17. The van der Waals surface area contributed by atoms with Crippen LogP contribution in [-0.2, 0) is 10.8 Å². The van der Waals surface area contributed by atoms with Gasteiger partial charge in [-0.15, -0.1) is 0 Å². The zero-order chi connectivity index (χ0) is 51.8. The van der Waals surface area contributed by atoms with Crippen LogP contribution in [0.5, 0.6) is 0 Å². The fourth-order valence-electron chi connectivity index (χ4n) is 12.8. The zero-order valence-electron chi connectivity index (χ0n) is 43.9. The molecular formula is C76H57N. The molecule has 0 spiro atoms. The third kappa shape index (κ3) is 7.76. The van der Waals surface area contributed by atoms with Crippen LogP contribution in [0.3, 0.4) is 0 Å². The Labute approximate surface area is 453 Å². The van der Waals surface area contributed by atoms with E-state index >= 15 is 0 Å². The Morgan fingerprint density at radius 2 is 0.649 bits per heavy atom. The Morgan fingerprint density at radius 1 is 0.234 bits per heavy atom. The number of hydrogen-bond donors (Lipinski definition) is 0. The van der Waals surface area contributed by atoms with Crippen LogP contribution in [0.25, 0.3) is 99.8 Å². The normalized spacial score (nSPS) is 13.4. The van der Waals surface area contributed by atoms with E-state index in [4.69, 9.17) is 0 Å². The molecule has 0 heterocycles. The van der Waals surface area contributed by atoms with Gasteiger partial charge in [0.2, 0.25) is 0 Å². The monoisotopic (exact) mass is 983 g/mol. The van der Waals surface area contributed by atoms with Gasteiger partial charge in [-0.05, 0) is 189 Å². The number of hydrogen-bond acceptors (Lipinski definition) is 1. The lowest BCUT2D eigenvalue weighted by molar-refractivity contribution is 0.652. The average molecular weight is 984 g/mol. The molecule has 1 heteroatoms. The summed E-state index contributed by atoms with van der Waals surface area (Å²) < 4.78 is 0. The largest absolute Gasteiger partial charge is 0.310 e. The Kier molecular flexibility index (Phi) is 10.9. The highest BCUT2D eigenvalue weighted by atomic mass is 15.1. The number of benzene rings is 12. The summed E-state index contributed by atoms with van der Waals surface area (Å²) in [6, 6.07) is 101. The fourth-order valence-corrected chi connectivity index (χ4v) is 12.8. The van der Waals surface area contributed by atoms with Gasteiger partial charge in [0.25, 0.3) is 0 Å². The van der Waals surface area contributed by atoms with E-state index in [-0.39, 0.29) is 10.8 Å². The molecule has 366 valence electrons. The third-order valence-corrected chi connectivity index (χ3v) is 16.8. The second kappa shape index (κ2) is 18.2. The Bertz CT molecular complexity index is 4200. The van der Waals surface area contributed by atoms with Crippen molar-refractivity contribution < 1.29 is 0 Å². The van der Waals surface area contributed by atoms with Crippen molar-refractivity contribution in [3.63, 3.8) is 0 Å². The van der Waals surface area contributed by atoms with Crippen LogP contribution in [0.2, 0.25) is 0 Å². The molecule has 0 bridgehead atoms. The third-order valence-electron chi connectivity index (χ3n) is 16.8. The van der Waals surface area contributed by atoms with Crippen LogP contribution in [-0.4, -0.2) is 0 Å². The maximum absolute atomic E-state index is 2.57. The van der Waals surface area contributed by atoms with Crippen LogP contribution in [0.1, 0.15) is 49.9 Å². The van der Waals surface area contributed by atoms with E-state index in [1.807, 2.05) is 0 Å². The molecule has 12 aromatic rings. The van der Waals surface area contributed by atoms with Crippen LogP contribution < -0.4 is 4.90 Å². The molecule has 77 heavy (non-hydrogen) atoms. The fraction of sp³-hybridized carbons (Fsp3) is 0.0789. The SMILES string of the molecule is CC1(C)c2cc3c(cc2-c2c(-c4ccccc4)cccc21)C(C)(C)c1cc(-c2cc(-c4ccccc4)cc(N(c4ccc(-c5ccccc5)cc4)c4ccc(-c5cccc6ccccc56)cc4)c2)cc(-c2ccccc2)c1-3. The molecule has 0 aromatic heterocycles. The smallest absolute Gasteiger partial charge is 0.0473 e. The minimum absolute atomic E-state index is 0.178. The van der Waals surface area contributed by atoms with E-state index in [1.165, 1.54) is 111 Å². The van der Waals surface area contributed by atoms with E-state index in [0.717, 1.165) is 28.2 Å². The summed E-state index contributed by atoms with van der Waals surface area (Å²) >= 11 is 0. The van der Waals surface area contributed by atoms with Gasteiger partial charge in [-0.2, -0.15) is 0 Å². The minimum Gasteiger partial charge on any atom is -0.310 e. The number of rotatable bonds is 9. The summed E-state index contributed by atoms with van der Waals surface area (Å²) in [4.78, 5) is 2.44. The van der Waals surface area contributed by atoms with Gasteiger partial charge in [0, 0.05) is 27.9 Å². The summed E-state index contributed by atoms with van der Waals surface area (Å²) in [6.45, 7) is 9.72. The van der Waals surface area contributed by atoms with Crippen molar-refractivity contribution >= 4 is 27.8 Å². The van der Waals surface area contributed by atoms with Crippen molar-refractivity contribution in [3.05, 3.63) is 295 Å². The van der Waals surface area contributed by atoms with Gasteiger partial charge in [-0.1, -0.05) is 234 Å².